The van der Waals surface area contributed by atoms with E-state index < -0.39 is 16.1 Å². The molecule has 9 heteroatoms. The van der Waals surface area contributed by atoms with Crippen molar-refractivity contribution in [2.75, 3.05) is 6.54 Å². The predicted molar refractivity (Wildman–Crippen MR) is 109 cm³/mol. The van der Waals surface area contributed by atoms with Crippen molar-refractivity contribution in [2.24, 2.45) is 7.05 Å². The minimum atomic E-state index is -3.70. The summed E-state index contributed by atoms with van der Waals surface area (Å²) in [5.41, 5.74) is 1.43. The largest absolute Gasteiger partial charge is 0.444 e. The summed E-state index contributed by atoms with van der Waals surface area (Å²) in [6, 6.07) is 7.15. The van der Waals surface area contributed by atoms with Gasteiger partial charge in [0.1, 0.15) is 16.7 Å². The quantitative estimate of drug-likeness (QED) is 0.608. The van der Waals surface area contributed by atoms with Gasteiger partial charge in [-0.15, -0.1) is 0 Å². The summed E-state index contributed by atoms with van der Waals surface area (Å²) < 4.78 is 35.7. The molecule has 0 saturated carbocycles. The smallest absolute Gasteiger partial charge is 0.247 e. The summed E-state index contributed by atoms with van der Waals surface area (Å²) in [6.45, 7) is 2.14. The van der Waals surface area contributed by atoms with E-state index in [0.717, 1.165) is 18.4 Å². The predicted octanol–water partition coefficient (Wildman–Crippen LogP) is 3.88. The summed E-state index contributed by atoms with van der Waals surface area (Å²) in [6.07, 6.45) is 6.12. The molecule has 4 rings (SSSR count). The number of nitrogens with zero attached hydrogens (tertiary/aromatic N) is 4. The van der Waals surface area contributed by atoms with E-state index in [1.165, 1.54) is 8.99 Å². The minimum absolute atomic E-state index is 0.231. The SMILES string of the molecule is Cc1nn(C)cc1S(=O)(=O)N1CCCC[C@@H]1c1ncc(Cc2ccccc2Cl)o1. The number of hydrogen-bond acceptors (Lipinski definition) is 5. The molecule has 3 heterocycles. The van der Waals surface area contributed by atoms with Crippen LogP contribution in [-0.4, -0.2) is 34.0 Å². The lowest BCUT2D eigenvalue weighted by Gasteiger charge is -2.32. The zero-order chi connectivity index (χ0) is 20.6. The zero-order valence-electron chi connectivity index (χ0n) is 16.4. The Bertz CT molecular complexity index is 1120. The first-order valence-corrected chi connectivity index (χ1v) is 11.4. The molecule has 0 N–H and O–H groups in total. The molecule has 29 heavy (non-hydrogen) atoms. The highest BCUT2D eigenvalue weighted by Gasteiger charge is 2.38. The fraction of sp³-hybridized carbons (Fsp3) is 0.400. The van der Waals surface area contributed by atoms with Gasteiger partial charge >= 0.3 is 0 Å². The number of benzene rings is 1. The van der Waals surface area contributed by atoms with E-state index in [-0.39, 0.29) is 4.90 Å². The molecule has 0 unspecified atom stereocenters. The van der Waals surface area contributed by atoms with Crippen LogP contribution < -0.4 is 0 Å². The number of rotatable bonds is 5. The van der Waals surface area contributed by atoms with Gasteiger partial charge in [-0.05, 0) is 31.4 Å². The minimum Gasteiger partial charge on any atom is -0.444 e. The van der Waals surface area contributed by atoms with Gasteiger partial charge in [0.15, 0.2) is 0 Å². The molecule has 1 aliphatic rings. The summed E-state index contributed by atoms with van der Waals surface area (Å²) in [5, 5.41) is 4.85. The van der Waals surface area contributed by atoms with Crippen LogP contribution in [0.5, 0.6) is 0 Å². The van der Waals surface area contributed by atoms with Gasteiger partial charge in [-0.25, -0.2) is 13.4 Å². The Kier molecular flexibility index (Phi) is 5.50. The lowest BCUT2D eigenvalue weighted by atomic mass is 10.1. The Hall–Kier alpha value is -2.16. The average Bonchev–Trinajstić information content (AvgIpc) is 3.30. The molecule has 3 aromatic rings. The maximum absolute atomic E-state index is 13.3. The highest BCUT2D eigenvalue weighted by atomic mass is 35.5. The average molecular weight is 435 g/mol. The van der Waals surface area contributed by atoms with E-state index in [2.05, 4.69) is 10.1 Å². The van der Waals surface area contributed by atoms with Gasteiger partial charge in [0.05, 0.1) is 11.9 Å². The Balaban J connectivity index is 1.62. The standard InChI is InChI=1S/C20H23ClN4O3S/c1-14-19(13-24(2)23-14)29(26,27)25-10-6-5-9-18(25)20-22-12-16(28-20)11-15-7-3-4-8-17(15)21/h3-4,7-8,12-13,18H,5-6,9-11H2,1-2H3/t18-/m1/s1. The number of halogens is 1. The molecule has 0 bridgehead atoms. The van der Waals surface area contributed by atoms with Crippen LogP contribution in [-0.2, 0) is 23.5 Å². The number of oxazole rings is 1. The Morgan fingerprint density at radius 2 is 2.07 bits per heavy atom. The van der Waals surface area contributed by atoms with E-state index in [1.54, 1.807) is 26.4 Å². The summed E-state index contributed by atoms with van der Waals surface area (Å²) in [5.74, 6) is 1.09. The second kappa shape index (κ2) is 7.93. The van der Waals surface area contributed by atoms with E-state index in [1.807, 2.05) is 24.3 Å². The van der Waals surface area contributed by atoms with Crippen molar-refractivity contribution in [3.8, 4) is 0 Å². The monoisotopic (exact) mass is 434 g/mol. The van der Waals surface area contributed by atoms with Crippen LogP contribution in [0.3, 0.4) is 0 Å². The van der Waals surface area contributed by atoms with Crippen LogP contribution in [0, 0.1) is 6.92 Å². The first kappa shape index (κ1) is 20.1. The molecule has 154 valence electrons. The van der Waals surface area contributed by atoms with Crippen molar-refractivity contribution in [3.05, 3.63) is 64.6 Å². The molecule has 0 amide bonds. The van der Waals surface area contributed by atoms with Gasteiger partial charge < -0.3 is 4.42 Å². The maximum atomic E-state index is 13.3. The molecule has 1 atom stereocenters. The fourth-order valence-corrected chi connectivity index (χ4v) is 5.84. The lowest BCUT2D eigenvalue weighted by molar-refractivity contribution is 0.216. The van der Waals surface area contributed by atoms with Crippen LogP contribution in [0.15, 0.2) is 46.0 Å². The van der Waals surface area contributed by atoms with Gasteiger partial charge in [0.2, 0.25) is 15.9 Å². The van der Waals surface area contributed by atoms with Crippen LogP contribution in [0.25, 0.3) is 0 Å². The van der Waals surface area contributed by atoms with Gasteiger partial charge in [0, 0.05) is 31.2 Å². The first-order chi connectivity index (χ1) is 13.9. The fourth-order valence-electron chi connectivity index (χ4n) is 3.78. The van der Waals surface area contributed by atoms with Crippen LogP contribution in [0.4, 0.5) is 0 Å². The van der Waals surface area contributed by atoms with Crippen LogP contribution in [0.2, 0.25) is 5.02 Å². The Morgan fingerprint density at radius 3 is 2.79 bits per heavy atom. The molecule has 0 spiro atoms. The van der Waals surface area contributed by atoms with E-state index in [9.17, 15) is 8.42 Å². The van der Waals surface area contributed by atoms with Gasteiger partial charge in [-0.3, -0.25) is 4.68 Å². The summed E-state index contributed by atoms with van der Waals surface area (Å²) in [7, 11) is -1.98. The Labute approximate surface area is 175 Å². The first-order valence-electron chi connectivity index (χ1n) is 9.56. The van der Waals surface area contributed by atoms with E-state index in [4.69, 9.17) is 16.0 Å². The Morgan fingerprint density at radius 1 is 1.28 bits per heavy atom. The summed E-state index contributed by atoms with van der Waals surface area (Å²) >= 11 is 6.24. The third-order valence-electron chi connectivity index (χ3n) is 5.19. The van der Waals surface area contributed by atoms with E-state index >= 15 is 0 Å². The van der Waals surface area contributed by atoms with Crippen molar-refractivity contribution in [2.45, 2.75) is 43.5 Å². The van der Waals surface area contributed by atoms with Crippen molar-refractivity contribution in [3.63, 3.8) is 0 Å². The number of sulfonamides is 1. The van der Waals surface area contributed by atoms with Crippen molar-refractivity contribution in [1.82, 2.24) is 19.1 Å². The molecule has 1 aliphatic heterocycles. The molecule has 1 saturated heterocycles. The maximum Gasteiger partial charge on any atom is 0.247 e. The van der Waals surface area contributed by atoms with Crippen LogP contribution in [0.1, 0.15) is 48.2 Å². The molecule has 7 nitrogen and oxygen atoms in total. The molecule has 0 radical (unpaired) electrons. The highest BCUT2D eigenvalue weighted by Crippen LogP contribution is 2.36. The molecular weight excluding hydrogens is 412 g/mol. The summed E-state index contributed by atoms with van der Waals surface area (Å²) in [4.78, 5) is 4.65. The molecule has 1 fully saturated rings. The lowest BCUT2D eigenvalue weighted by Crippen LogP contribution is -2.38. The molecule has 1 aromatic carbocycles. The molecular formula is C20H23ClN4O3S. The molecule has 2 aromatic heterocycles. The van der Waals surface area contributed by atoms with Gasteiger partial charge in [-0.1, -0.05) is 36.2 Å². The van der Waals surface area contributed by atoms with E-state index in [0.29, 0.717) is 41.8 Å². The number of piperidine rings is 1. The number of aromatic nitrogens is 3. The van der Waals surface area contributed by atoms with Gasteiger partial charge in [0.25, 0.3) is 0 Å². The third kappa shape index (κ3) is 3.97. The normalized spacial score (nSPS) is 18.2. The zero-order valence-corrected chi connectivity index (χ0v) is 17.9. The second-order valence-electron chi connectivity index (χ2n) is 7.31. The molecule has 0 aliphatic carbocycles. The second-order valence-corrected chi connectivity index (χ2v) is 9.58. The van der Waals surface area contributed by atoms with Crippen molar-refractivity contribution >= 4 is 21.6 Å². The topological polar surface area (TPSA) is 81.2 Å². The number of aryl methyl sites for hydroxylation is 2. The highest BCUT2D eigenvalue weighted by molar-refractivity contribution is 7.89. The van der Waals surface area contributed by atoms with Crippen molar-refractivity contribution < 1.29 is 12.8 Å². The number of hydrogen-bond donors (Lipinski definition) is 0. The van der Waals surface area contributed by atoms with Gasteiger partial charge in [-0.2, -0.15) is 9.40 Å². The van der Waals surface area contributed by atoms with Crippen LogP contribution >= 0.6 is 11.6 Å². The van der Waals surface area contributed by atoms with Crippen molar-refractivity contribution in [1.29, 1.82) is 0 Å². The third-order valence-corrected chi connectivity index (χ3v) is 7.57.